The van der Waals surface area contributed by atoms with E-state index in [1.54, 1.807) is 0 Å². The monoisotopic (exact) mass is 208 g/mol. The zero-order chi connectivity index (χ0) is 11.2. The van der Waals surface area contributed by atoms with E-state index in [2.05, 4.69) is 38.1 Å². The summed E-state index contributed by atoms with van der Waals surface area (Å²) in [6.07, 6.45) is 1.30. The van der Waals surface area contributed by atoms with Gasteiger partial charge in [-0.1, -0.05) is 20.3 Å². The molecule has 2 aliphatic rings. The fourth-order valence-corrected chi connectivity index (χ4v) is 2.46. The second-order valence-corrected chi connectivity index (χ2v) is 5.14. The van der Waals surface area contributed by atoms with Crippen LogP contribution in [0.3, 0.4) is 0 Å². The van der Waals surface area contributed by atoms with E-state index >= 15 is 0 Å². The molecule has 15 heavy (non-hydrogen) atoms. The third-order valence-corrected chi connectivity index (χ3v) is 4.23. The lowest BCUT2D eigenvalue weighted by Crippen LogP contribution is -2.43. The van der Waals surface area contributed by atoms with Crippen LogP contribution in [0.2, 0.25) is 0 Å². The molecule has 2 fully saturated rings. The lowest BCUT2D eigenvalue weighted by Gasteiger charge is -2.35. The van der Waals surface area contributed by atoms with Crippen LogP contribution in [-0.2, 0) is 4.74 Å². The number of hydrazine groups is 1. The molecular formula is C11H21BN2O. The van der Waals surface area contributed by atoms with Gasteiger partial charge < -0.3 is 4.74 Å². The highest BCUT2D eigenvalue weighted by molar-refractivity contribution is 6.11. The lowest BCUT2D eigenvalue weighted by molar-refractivity contribution is -0.0409. The molecule has 1 N–H and O–H groups in total. The average Bonchev–Trinajstić information content (AvgIpc) is 2.85. The van der Waals surface area contributed by atoms with E-state index < -0.39 is 0 Å². The summed E-state index contributed by atoms with van der Waals surface area (Å²) in [7, 11) is 6.08. The van der Waals surface area contributed by atoms with Gasteiger partial charge in [0, 0.05) is 12.5 Å². The molecule has 0 aliphatic carbocycles. The van der Waals surface area contributed by atoms with Crippen LogP contribution in [0.1, 0.15) is 34.1 Å². The van der Waals surface area contributed by atoms with Gasteiger partial charge >= 0.3 is 0 Å². The zero-order valence-corrected chi connectivity index (χ0v) is 10.2. The van der Waals surface area contributed by atoms with Gasteiger partial charge in [0.25, 0.3) is 0 Å². The van der Waals surface area contributed by atoms with E-state index in [1.165, 1.54) is 0 Å². The van der Waals surface area contributed by atoms with Crippen molar-refractivity contribution in [3.05, 3.63) is 0 Å². The van der Waals surface area contributed by atoms with Gasteiger partial charge in [-0.3, -0.25) is 0 Å². The summed E-state index contributed by atoms with van der Waals surface area (Å²) in [5.41, 5.74) is 3.40. The van der Waals surface area contributed by atoms with Crippen molar-refractivity contribution in [3.63, 3.8) is 0 Å². The van der Waals surface area contributed by atoms with Crippen LogP contribution in [-0.4, -0.2) is 37.2 Å². The number of hydrogen-bond acceptors (Lipinski definition) is 3. The van der Waals surface area contributed by atoms with Gasteiger partial charge in [0.15, 0.2) is 0 Å². The van der Waals surface area contributed by atoms with Crippen LogP contribution in [0, 0.1) is 11.8 Å². The molecular weight excluding hydrogens is 187 g/mol. The van der Waals surface area contributed by atoms with Gasteiger partial charge in [-0.05, 0) is 25.7 Å². The van der Waals surface area contributed by atoms with Crippen molar-refractivity contribution < 1.29 is 4.74 Å². The number of nitrogens with one attached hydrogen (secondary N) is 1. The molecule has 0 aromatic carbocycles. The maximum atomic E-state index is 6.08. The molecule has 0 spiro atoms. The van der Waals surface area contributed by atoms with Crippen molar-refractivity contribution in [2.75, 3.05) is 6.54 Å². The first-order valence-corrected chi connectivity index (χ1v) is 5.95. The summed E-state index contributed by atoms with van der Waals surface area (Å²) in [5.74, 6) is 1.03. The maximum Gasteiger partial charge on any atom is 0.120 e. The normalized spacial score (nSPS) is 55.3. The molecule has 0 aromatic heterocycles. The molecule has 3 nitrogen and oxygen atoms in total. The van der Waals surface area contributed by atoms with E-state index in [0.29, 0.717) is 11.8 Å². The highest BCUT2D eigenvalue weighted by atomic mass is 16.5. The molecule has 2 aliphatic heterocycles. The Kier molecular flexibility index (Phi) is 2.86. The summed E-state index contributed by atoms with van der Waals surface area (Å²) in [6.45, 7) is 9.76. The fourth-order valence-electron chi connectivity index (χ4n) is 2.46. The Balaban J connectivity index is 2.12. The quantitative estimate of drug-likeness (QED) is 0.517. The zero-order valence-electron chi connectivity index (χ0n) is 10.2. The molecule has 2 saturated heterocycles. The van der Waals surface area contributed by atoms with E-state index in [0.717, 1.165) is 13.0 Å². The molecule has 2 heterocycles. The third kappa shape index (κ3) is 1.83. The molecule has 0 saturated carbocycles. The second kappa shape index (κ2) is 3.76. The van der Waals surface area contributed by atoms with Crippen molar-refractivity contribution in [1.82, 2.24) is 10.4 Å². The Morgan fingerprint density at radius 2 is 2.20 bits per heavy atom. The molecule has 0 bridgehead atoms. The molecule has 0 amide bonds. The predicted molar refractivity (Wildman–Crippen MR) is 61.3 cm³/mol. The van der Waals surface area contributed by atoms with Crippen molar-refractivity contribution in [2.24, 2.45) is 11.8 Å². The van der Waals surface area contributed by atoms with Gasteiger partial charge in [-0.15, -0.1) is 0 Å². The highest BCUT2D eigenvalue weighted by Gasteiger charge is 2.54. The van der Waals surface area contributed by atoms with Crippen LogP contribution >= 0.6 is 0 Å². The topological polar surface area (TPSA) is 34.2 Å². The van der Waals surface area contributed by atoms with Gasteiger partial charge in [0.05, 0.1) is 6.10 Å². The molecule has 0 aromatic rings. The van der Waals surface area contributed by atoms with E-state index in [-0.39, 0.29) is 17.8 Å². The molecule has 6 unspecified atom stereocenters. The number of hydrogen-bond donors (Lipinski definition) is 1. The van der Waals surface area contributed by atoms with Crippen molar-refractivity contribution in [1.29, 1.82) is 0 Å². The Bertz CT molecular complexity index is 251. The first kappa shape index (κ1) is 11.4. The minimum atomic E-state index is -0.133. The largest absolute Gasteiger partial charge is 0.381 e. The number of ether oxygens (including phenoxy) is 1. The lowest BCUT2D eigenvalue weighted by atomic mass is 9.77. The van der Waals surface area contributed by atoms with Crippen LogP contribution < -0.4 is 5.43 Å². The van der Waals surface area contributed by atoms with E-state index in [9.17, 15) is 0 Å². The van der Waals surface area contributed by atoms with Crippen molar-refractivity contribution >= 4 is 7.85 Å². The average molecular weight is 208 g/mol. The molecule has 2 rings (SSSR count). The maximum absolute atomic E-state index is 6.08. The Labute approximate surface area is 93.9 Å². The Hall–Kier alpha value is -0.0551. The van der Waals surface area contributed by atoms with Gasteiger partial charge in [0.1, 0.15) is 13.5 Å². The van der Waals surface area contributed by atoms with Gasteiger partial charge in [0.2, 0.25) is 0 Å². The molecule has 84 valence electrons. The number of fused-ring (bicyclic) bond motifs is 1. The number of nitrogens with zero attached hydrogens (tertiary/aromatic N) is 1. The highest BCUT2D eigenvalue weighted by Crippen LogP contribution is 2.37. The smallest absolute Gasteiger partial charge is 0.120 e. The SMILES string of the molecule is [B]C1OC(C)C2(C)NN2CC(CC)C1C. The Morgan fingerprint density at radius 3 is 2.80 bits per heavy atom. The van der Waals surface area contributed by atoms with Crippen molar-refractivity contribution in [3.8, 4) is 0 Å². The van der Waals surface area contributed by atoms with Crippen LogP contribution in [0.4, 0.5) is 0 Å². The summed E-state index contributed by atoms with van der Waals surface area (Å²) >= 11 is 0. The van der Waals surface area contributed by atoms with Crippen molar-refractivity contribution in [2.45, 2.75) is 51.9 Å². The second-order valence-electron chi connectivity index (χ2n) is 5.14. The number of rotatable bonds is 1. The van der Waals surface area contributed by atoms with E-state index in [1.807, 2.05) is 0 Å². The minimum absolute atomic E-state index is 0.00514. The summed E-state index contributed by atoms with van der Waals surface area (Å²) in [5, 5.41) is 2.29. The minimum Gasteiger partial charge on any atom is -0.381 e. The van der Waals surface area contributed by atoms with Gasteiger partial charge in [-0.2, -0.15) is 0 Å². The predicted octanol–water partition coefficient (Wildman–Crippen LogP) is 1.10. The van der Waals surface area contributed by atoms with Crippen LogP contribution in [0.5, 0.6) is 0 Å². The summed E-state index contributed by atoms with van der Waals surface area (Å²) < 4.78 is 5.87. The van der Waals surface area contributed by atoms with E-state index in [4.69, 9.17) is 12.6 Å². The van der Waals surface area contributed by atoms with Gasteiger partial charge in [-0.25, -0.2) is 10.4 Å². The first-order chi connectivity index (χ1) is 6.99. The molecule has 4 heteroatoms. The van der Waals surface area contributed by atoms with Crippen LogP contribution in [0.25, 0.3) is 0 Å². The van der Waals surface area contributed by atoms with Crippen LogP contribution in [0.15, 0.2) is 0 Å². The Morgan fingerprint density at radius 1 is 1.53 bits per heavy atom. The first-order valence-electron chi connectivity index (χ1n) is 5.95. The molecule has 2 radical (unpaired) electrons. The fraction of sp³-hybridized carbons (Fsp3) is 1.00. The summed E-state index contributed by atoms with van der Waals surface area (Å²) in [6, 6.07) is -0.133. The standard InChI is InChI=1S/C11H21BN2O/c1-5-9-6-14-11(4,13-14)8(3)15-10(12)7(9)2/h7-10,13H,5-6H2,1-4H3. The molecule has 6 atom stereocenters. The summed E-state index contributed by atoms with van der Waals surface area (Å²) in [4.78, 5) is 0. The third-order valence-electron chi connectivity index (χ3n) is 4.23.